The monoisotopic (exact) mass is 314 g/mol. The van der Waals surface area contributed by atoms with Gasteiger partial charge in [-0.1, -0.05) is 19.1 Å². The van der Waals surface area contributed by atoms with Gasteiger partial charge in [0.1, 0.15) is 0 Å². The molecule has 0 N–H and O–H groups in total. The molecule has 0 aliphatic carbocycles. The molecule has 0 fully saturated rings. The van der Waals surface area contributed by atoms with Crippen LogP contribution in [0.1, 0.15) is 11.1 Å². The predicted octanol–water partition coefficient (Wildman–Crippen LogP) is 5.73. The van der Waals surface area contributed by atoms with Gasteiger partial charge in [-0.15, -0.1) is 18.2 Å². The minimum Gasteiger partial charge on any atom is -0.751 e. The second-order valence-electron chi connectivity index (χ2n) is 5.32. The molecule has 0 amide bonds. The van der Waals surface area contributed by atoms with Gasteiger partial charge in [-0.3, -0.25) is 0 Å². The van der Waals surface area contributed by atoms with E-state index in [4.69, 9.17) is 0 Å². The third-order valence-electron chi connectivity index (χ3n) is 3.52. The van der Waals surface area contributed by atoms with Crippen molar-refractivity contribution in [2.24, 2.45) is 0 Å². The van der Waals surface area contributed by atoms with Crippen molar-refractivity contribution in [2.45, 2.75) is 13.8 Å². The maximum absolute atomic E-state index is 2.20. The van der Waals surface area contributed by atoms with Gasteiger partial charge in [-0.05, 0) is 0 Å². The number of rotatable bonds is 0. The number of hydrogen-bond donors (Lipinski definition) is 0. The largest absolute Gasteiger partial charge is 0.751 e. The molecule has 0 aromatic heterocycles. The van der Waals surface area contributed by atoms with Crippen LogP contribution in [0.25, 0.3) is 21.5 Å². The van der Waals surface area contributed by atoms with E-state index in [9.17, 15) is 0 Å². The SMILES string of the molecule is C[c-]1[cH-][c-]2cccc[c-]2[cH-]1.C[c-]1cc2ccccc2c1.[Fe]. The first-order chi connectivity index (χ1) is 9.72. The Hall–Kier alpha value is -1.82. The summed E-state index contributed by atoms with van der Waals surface area (Å²) in [6.45, 7) is 4.25. The summed E-state index contributed by atoms with van der Waals surface area (Å²) in [5.41, 5.74) is 2.70. The van der Waals surface area contributed by atoms with Crippen molar-refractivity contribution < 1.29 is 17.1 Å². The molecule has 112 valence electrons. The van der Waals surface area contributed by atoms with Crippen LogP contribution in [-0.2, 0) is 17.1 Å². The second-order valence-corrected chi connectivity index (χ2v) is 5.32. The van der Waals surface area contributed by atoms with Crippen molar-refractivity contribution in [1.82, 2.24) is 0 Å². The van der Waals surface area contributed by atoms with Gasteiger partial charge in [0, 0.05) is 17.1 Å². The van der Waals surface area contributed by atoms with E-state index in [1.54, 1.807) is 0 Å². The smallest absolute Gasteiger partial charge is 0 e. The summed E-state index contributed by atoms with van der Waals surface area (Å²) < 4.78 is 0. The van der Waals surface area contributed by atoms with Crippen molar-refractivity contribution in [1.29, 1.82) is 0 Å². The number of hydrogen-bond acceptors (Lipinski definition) is 0. The predicted molar refractivity (Wildman–Crippen MR) is 88.6 cm³/mol. The zero-order valence-electron chi connectivity index (χ0n) is 12.3. The Morgan fingerprint density at radius 3 is 1.71 bits per heavy atom. The minimum atomic E-state index is 0. The molecule has 0 spiro atoms. The molecule has 0 heterocycles. The van der Waals surface area contributed by atoms with Crippen LogP contribution in [0.4, 0.5) is 0 Å². The number of benzene rings is 2. The molecule has 4 rings (SSSR count). The Balaban J connectivity index is 0.000000147. The van der Waals surface area contributed by atoms with Crippen LogP contribution in [-0.4, -0.2) is 0 Å². The summed E-state index contributed by atoms with van der Waals surface area (Å²) in [4.78, 5) is 0. The van der Waals surface area contributed by atoms with Crippen LogP contribution in [0, 0.1) is 13.8 Å². The normalized spacial score (nSPS) is 10.0. The first kappa shape index (κ1) is 15.6. The first-order valence-electron chi connectivity index (χ1n) is 6.96. The van der Waals surface area contributed by atoms with Crippen molar-refractivity contribution >= 4 is 21.5 Å². The van der Waals surface area contributed by atoms with Crippen LogP contribution >= 0.6 is 0 Å². The molecule has 1 heteroatoms. The number of fused-ring (bicyclic) bond motifs is 2. The Morgan fingerprint density at radius 1 is 0.762 bits per heavy atom. The second kappa shape index (κ2) is 6.76. The number of aryl methyl sites for hydroxylation is 2. The van der Waals surface area contributed by atoms with Gasteiger partial charge in [-0.25, -0.2) is 19.1 Å². The average molecular weight is 314 g/mol. The third kappa shape index (κ3) is 3.64. The van der Waals surface area contributed by atoms with Gasteiger partial charge in [-0.2, -0.15) is 28.5 Å². The Morgan fingerprint density at radius 2 is 1.24 bits per heavy atom. The first-order valence-corrected chi connectivity index (χ1v) is 6.96. The fourth-order valence-electron chi connectivity index (χ4n) is 2.61. The zero-order chi connectivity index (χ0) is 13.9. The van der Waals surface area contributed by atoms with Crippen LogP contribution < -0.4 is 0 Å². The molecule has 0 atom stereocenters. The maximum Gasteiger partial charge on any atom is 0 e. The van der Waals surface area contributed by atoms with E-state index in [1.165, 1.54) is 32.7 Å². The van der Waals surface area contributed by atoms with Gasteiger partial charge in [0.25, 0.3) is 0 Å². The standard InChI is InChI=1S/2C10H9.Fe/c2*1-8-6-9-4-2-3-5-10(9)7-8;/h2*2-7H,1H3;/q-5;-1;. The molecule has 4 aromatic rings. The van der Waals surface area contributed by atoms with Gasteiger partial charge >= 0.3 is 0 Å². The molecular formula is C20H18Fe-6. The Kier molecular flexibility index (Phi) is 5.01. The molecule has 0 aliphatic heterocycles. The van der Waals surface area contributed by atoms with Gasteiger partial charge < -0.3 is 34.5 Å². The summed E-state index contributed by atoms with van der Waals surface area (Å²) in [5.74, 6) is 0. The van der Waals surface area contributed by atoms with Crippen LogP contribution in [0.3, 0.4) is 0 Å². The summed E-state index contributed by atoms with van der Waals surface area (Å²) >= 11 is 0. The van der Waals surface area contributed by atoms with E-state index in [-0.39, 0.29) is 17.1 Å². The molecule has 4 aromatic carbocycles. The molecule has 21 heavy (non-hydrogen) atoms. The van der Waals surface area contributed by atoms with Gasteiger partial charge in [0.2, 0.25) is 0 Å². The molecule has 0 saturated heterocycles. The zero-order valence-corrected chi connectivity index (χ0v) is 13.4. The van der Waals surface area contributed by atoms with Crippen LogP contribution in [0.5, 0.6) is 0 Å². The Labute approximate surface area is 136 Å². The molecule has 0 saturated carbocycles. The van der Waals surface area contributed by atoms with Crippen molar-refractivity contribution in [3.05, 3.63) is 83.9 Å². The van der Waals surface area contributed by atoms with E-state index in [0.29, 0.717) is 0 Å². The van der Waals surface area contributed by atoms with Crippen LogP contribution in [0.2, 0.25) is 0 Å². The summed E-state index contributed by atoms with van der Waals surface area (Å²) in [5, 5.41) is 5.39. The summed E-state index contributed by atoms with van der Waals surface area (Å²) in [6, 6.07) is 25.7. The van der Waals surface area contributed by atoms with E-state index in [1.807, 2.05) is 0 Å². The van der Waals surface area contributed by atoms with Gasteiger partial charge in [0.05, 0.1) is 0 Å². The average Bonchev–Trinajstić information content (AvgIpc) is 2.99. The maximum atomic E-state index is 2.20. The van der Waals surface area contributed by atoms with E-state index < -0.39 is 0 Å². The summed E-state index contributed by atoms with van der Waals surface area (Å²) in [7, 11) is 0. The van der Waals surface area contributed by atoms with E-state index in [2.05, 4.69) is 86.6 Å². The molecule has 0 unspecified atom stereocenters. The molecule has 0 nitrogen and oxygen atoms in total. The molecule has 0 radical (unpaired) electrons. The van der Waals surface area contributed by atoms with Crippen molar-refractivity contribution in [3.63, 3.8) is 0 Å². The van der Waals surface area contributed by atoms with Crippen molar-refractivity contribution in [2.75, 3.05) is 0 Å². The van der Waals surface area contributed by atoms with Gasteiger partial charge in [0.15, 0.2) is 0 Å². The van der Waals surface area contributed by atoms with Crippen molar-refractivity contribution in [3.8, 4) is 0 Å². The third-order valence-corrected chi connectivity index (χ3v) is 3.52. The topological polar surface area (TPSA) is 0 Å². The van der Waals surface area contributed by atoms with E-state index >= 15 is 0 Å². The Bertz CT molecular complexity index is 695. The van der Waals surface area contributed by atoms with Crippen LogP contribution in [0.15, 0.2) is 72.8 Å². The molecule has 0 aliphatic rings. The fraction of sp³-hybridized carbons (Fsp3) is 0.100. The summed E-state index contributed by atoms with van der Waals surface area (Å²) in [6.07, 6.45) is 0. The molecule has 0 bridgehead atoms. The van der Waals surface area contributed by atoms with E-state index in [0.717, 1.165) is 0 Å². The molecular weight excluding hydrogens is 296 g/mol. The minimum absolute atomic E-state index is 0. The quantitative estimate of drug-likeness (QED) is 0.287. The fourth-order valence-corrected chi connectivity index (χ4v) is 2.61.